The molecule has 20 heavy (non-hydrogen) atoms. The highest BCUT2D eigenvalue weighted by Crippen LogP contribution is 2.42. The summed E-state index contributed by atoms with van der Waals surface area (Å²) in [5.74, 6) is 0. The van der Waals surface area contributed by atoms with Crippen LogP contribution >= 0.6 is 15.9 Å². The van der Waals surface area contributed by atoms with Gasteiger partial charge in [0.1, 0.15) is 0 Å². The summed E-state index contributed by atoms with van der Waals surface area (Å²) in [7, 11) is 0. The lowest BCUT2D eigenvalue weighted by Gasteiger charge is -2.39. The summed E-state index contributed by atoms with van der Waals surface area (Å²) in [6.45, 7) is 2.45. The van der Waals surface area contributed by atoms with Gasteiger partial charge in [0.15, 0.2) is 0 Å². The standard InChI is InChI=1S/C17H30BrNO/c18-12-5-13-19(15-6-4-7-15)14-16-8-11-17(20-16)9-2-1-3-10-17/h15-16H,1-14H2. The number of nitrogens with zero attached hydrogens (tertiary/aromatic N) is 1. The average molecular weight is 344 g/mol. The molecule has 3 fully saturated rings. The van der Waals surface area contributed by atoms with Gasteiger partial charge in [0.2, 0.25) is 0 Å². The summed E-state index contributed by atoms with van der Waals surface area (Å²) in [4.78, 5) is 2.73. The van der Waals surface area contributed by atoms with Gasteiger partial charge in [-0.1, -0.05) is 41.6 Å². The molecule has 0 amide bonds. The van der Waals surface area contributed by atoms with E-state index in [9.17, 15) is 0 Å². The second kappa shape index (κ2) is 7.11. The molecule has 1 aliphatic heterocycles. The Morgan fingerprint density at radius 2 is 1.80 bits per heavy atom. The topological polar surface area (TPSA) is 12.5 Å². The Morgan fingerprint density at radius 1 is 1.00 bits per heavy atom. The number of alkyl halides is 1. The van der Waals surface area contributed by atoms with Gasteiger partial charge in [0.25, 0.3) is 0 Å². The van der Waals surface area contributed by atoms with Crippen molar-refractivity contribution >= 4 is 15.9 Å². The molecule has 2 saturated carbocycles. The highest BCUT2D eigenvalue weighted by atomic mass is 79.9. The largest absolute Gasteiger partial charge is 0.370 e. The van der Waals surface area contributed by atoms with Gasteiger partial charge in [-0.2, -0.15) is 0 Å². The van der Waals surface area contributed by atoms with Crippen LogP contribution in [-0.4, -0.2) is 41.1 Å². The van der Waals surface area contributed by atoms with Crippen LogP contribution in [0.1, 0.15) is 70.6 Å². The van der Waals surface area contributed by atoms with Gasteiger partial charge < -0.3 is 4.74 Å². The van der Waals surface area contributed by atoms with E-state index in [1.165, 1.54) is 83.7 Å². The molecule has 3 rings (SSSR count). The fraction of sp³-hybridized carbons (Fsp3) is 1.00. The highest BCUT2D eigenvalue weighted by Gasteiger charge is 2.41. The van der Waals surface area contributed by atoms with E-state index in [1.54, 1.807) is 0 Å². The zero-order valence-corrected chi connectivity index (χ0v) is 14.4. The fourth-order valence-corrected chi connectivity index (χ4v) is 4.54. The van der Waals surface area contributed by atoms with Crippen molar-refractivity contribution in [1.82, 2.24) is 4.90 Å². The number of halogens is 1. The van der Waals surface area contributed by atoms with Crippen LogP contribution in [0.15, 0.2) is 0 Å². The Bertz CT molecular complexity index is 299. The van der Waals surface area contributed by atoms with Crippen molar-refractivity contribution in [3.8, 4) is 0 Å². The third kappa shape index (κ3) is 3.59. The predicted octanol–water partition coefficient (Wildman–Crippen LogP) is 4.51. The normalized spacial score (nSPS) is 30.0. The van der Waals surface area contributed by atoms with E-state index in [-0.39, 0.29) is 0 Å². The van der Waals surface area contributed by atoms with Gasteiger partial charge in [-0.3, -0.25) is 4.90 Å². The zero-order valence-electron chi connectivity index (χ0n) is 12.8. The molecule has 2 aliphatic carbocycles. The molecular formula is C17H30BrNO. The second-order valence-corrected chi connectivity index (χ2v) is 7.94. The molecule has 3 aliphatic rings. The van der Waals surface area contributed by atoms with E-state index in [1.807, 2.05) is 0 Å². The fourth-order valence-electron chi connectivity index (χ4n) is 4.29. The third-order valence-corrected chi connectivity index (χ3v) is 6.27. The molecule has 0 bridgehead atoms. The van der Waals surface area contributed by atoms with E-state index in [0.29, 0.717) is 11.7 Å². The van der Waals surface area contributed by atoms with E-state index in [4.69, 9.17) is 4.74 Å². The van der Waals surface area contributed by atoms with Gasteiger partial charge in [-0.05, 0) is 51.5 Å². The molecule has 1 unspecified atom stereocenters. The second-order valence-electron chi connectivity index (χ2n) is 7.14. The smallest absolute Gasteiger partial charge is 0.0710 e. The van der Waals surface area contributed by atoms with Gasteiger partial charge in [0.05, 0.1) is 11.7 Å². The summed E-state index contributed by atoms with van der Waals surface area (Å²) in [5.41, 5.74) is 0.295. The molecule has 0 aromatic rings. The number of hydrogen-bond donors (Lipinski definition) is 0. The maximum absolute atomic E-state index is 6.57. The van der Waals surface area contributed by atoms with E-state index >= 15 is 0 Å². The molecule has 0 N–H and O–H groups in total. The molecule has 1 spiro atoms. The highest BCUT2D eigenvalue weighted by molar-refractivity contribution is 9.09. The third-order valence-electron chi connectivity index (χ3n) is 5.71. The van der Waals surface area contributed by atoms with Gasteiger partial charge in [0, 0.05) is 17.9 Å². The molecule has 1 atom stereocenters. The summed E-state index contributed by atoms with van der Waals surface area (Å²) in [6, 6.07) is 0.862. The molecule has 0 radical (unpaired) electrons. The Labute approximate surface area is 132 Å². The lowest BCUT2D eigenvalue weighted by Crippen LogP contribution is -2.45. The lowest BCUT2D eigenvalue weighted by molar-refractivity contribution is -0.0773. The Hall–Kier alpha value is 0.400. The first-order valence-electron chi connectivity index (χ1n) is 8.79. The van der Waals surface area contributed by atoms with Crippen LogP contribution in [-0.2, 0) is 4.74 Å². The van der Waals surface area contributed by atoms with E-state index in [0.717, 1.165) is 11.4 Å². The van der Waals surface area contributed by atoms with E-state index < -0.39 is 0 Å². The quantitative estimate of drug-likeness (QED) is 0.658. The minimum absolute atomic E-state index is 0.295. The maximum Gasteiger partial charge on any atom is 0.0710 e. The van der Waals surface area contributed by atoms with Crippen molar-refractivity contribution in [2.75, 3.05) is 18.4 Å². The Morgan fingerprint density at radius 3 is 2.45 bits per heavy atom. The zero-order chi connectivity index (χ0) is 13.8. The van der Waals surface area contributed by atoms with Crippen molar-refractivity contribution in [1.29, 1.82) is 0 Å². The van der Waals surface area contributed by atoms with Crippen molar-refractivity contribution in [3.05, 3.63) is 0 Å². The number of ether oxygens (including phenoxy) is 1. The molecule has 1 saturated heterocycles. The maximum atomic E-state index is 6.57. The van der Waals surface area contributed by atoms with Crippen LogP contribution < -0.4 is 0 Å². The van der Waals surface area contributed by atoms with Crippen molar-refractivity contribution in [2.45, 2.75) is 88.4 Å². The minimum Gasteiger partial charge on any atom is -0.370 e. The molecule has 2 nitrogen and oxygen atoms in total. The number of rotatable bonds is 6. The molecule has 0 aromatic carbocycles. The number of hydrogen-bond acceptors (Lipinski definition) is 2. The SMILES string of the molecule is BrCCCN(CC1CCC2(CCCCC2)O1)C1CCC1. The predicted molar refractivity (Wildman–Crippen MR) is 87.5 cm³/mol. The molecule has 0 aromatic heterocycles. The van der Waals surface area contributed by atoms with Crippen LogP contribution in [0.3, 0.4) is 0 Å². The summed E-state index contributed by atoms with van der Waals surface area (Å²) in [6.07, 6.45) is 15.6. The lowest BCUT2D eigenvalue weighted by atomic mass is 9.83. The monoisotopic (exact) mass is 343 g/mol. The first kappa shape index (κ1) is 15.3. The van der Waals surface area contributed by atoms with Crippen LogP contribution in [0.4, 0.5) is 0 Å². The first-order chi connectivity index (χ1) is 9.81. The van der Waals surface area contributed by atoms with E-state index in [2.05, 4.69) is 20.8 Å². The molecule has 1 heterocycles. The first-order valence-corrected chi connectivity index (χ1v) is 9.91. The molecule has 116 valence electrons. The minimum atomic E-state index is 0.295. The summed E-state index contributed by atoms with van der Waals surface area (Å²) >= 11 is 3.58. The molecule has 3 heteroatoms. The van der Waals surface area contributed by atoms with Gasteiger partial charge in [-0.25, -0.2) is 0 Å². The average Bonchev–Trinajstić information content (AvgIpc) is 2.77. The van der Waals surface area contributed by atoms with Crippen LogP contribution in [0.5, 0.6) is 0 Å². The Balaban J connectivity index is 1.50. The van der Waals surface area contributed by atoms with Crippen molar-refractivity contribution in [3.63, 3.8) is 0 Å². The van der Waals surface area contributed by atoms with Crippen molar-refractivity contribution in [2.24, 2.45) is 0 Å². The van der Waals surface area contributed by atoms with Crippen molar-refractivity contribution < 1.29 is 4.74 Å². The Kier molecular flexibility index (Phi) is 5.44. The van der Waals surface area contributed by atoms with Crippen LogP contribution in [0, 0.1) is 0 Å². The summed E-state index contributed by atoms with van der Waals surface area (Å²) < 4.78 is 6.57. The van der Waals surface area contributed by atoms with Crippen LogP contribution in [0.2, 0.25) is 0 Å². The summed E-state index contributed by atoms with van der Waals surface area (Å²) in [5, 5.41) is 1.13. The van der Waals surface area contributed by atoms with Gasteiger partial charge >= 0.3 is 0 Å². The van der Waals surface area contributed by atoms with Gasteiger partial charge in [-0.15, -0.1) is 0 Å². The van der Waals surface area contributed by atoms with Crippen LogP contribution in [0.25, 0.3) is 0 Å². The molecular weight excluding hydrogens is 314 g/mol.